The number of carbonyl (C=O) groups excluding carboxylic acids is 1. The van der Waals surface area contributed by atoms with E-state index in [1.54, 1.807) is 23.0 Å². The smallest absolute Gasteiger partial charge is 0.258 e. The summed E-state index contributed by atoms with van der Waals surface area (Å²) in [5, 5.41) is 2.56. The molecule has 3 rings (SSSR count). The zero-order valence-corrected chi connectivity index (χ0v) is 11.7. The number of nitrogens with one attached hydrogen (secondary N) is 1. The van der Waals surface area contributed by atoms with E-state index in [4.69, 9.17) is 0 Å². The van der Waals surface area contributed by atoms with Crippen LogP contribution in [-0.2, 0) is 0 Å². The third kappa shape index (κ3) is 2.69. The van der Waals surface area contributed by atoms with Crippen LogP contribution in [0.15, 0.2) is 49.1 Å². The van der Waals surface area contributed by atoms with Gasteiger partial charge in [0.2, 0.25) is 5.95 Å². The predicted octanol–water partition coefficient (Wildman–Crippen LogP) is 2.36. The highest BCUT2D eigenvalue weighted by atomic mass is 19.1. The second-order valence-electron chi connectivity index (χ2n) is 4.55. The lowest BCUT2D eigenvalue weighted by molar-refractivity contribution is 0.102. The van der Waals surface area contributed by atoms with Gasteiger partial charge in [0.1, 0.15) is 11.6 Å². The SMILES string of the molecule is Cc1nccn1-c1ncc(NC(=O)c2ccccc2F)cn1. The monoisotopic (exact) mass is 297 g/mol. The van der Waals surface area contributed by atoms with E-state index >= 15 is 0 Å². The molecule has 22 heavy (non-hydrogen) atoms. The minimum absolute atomic E-state index is 0.0305. The number of aromatic nitrogens is 4. The lowest BCUT2D eigenvalue weighted by Gasteiger charge is -2.07. The van der Waals surface area contributed by atoms with Crippen LogP contribution in [0.25, 0.3) is 5.95 Å². The van der Waals surface area contributed by atoms with Gasteiger partial charge in [-0.15, -0.1) is 0 Å². The number of rotatable bonds is 3. The molecule has 2 heterocycles. The fourth-order valence-electron chi connectivity index (χ4n) is 1.94. The molecule has 0 saturated heterocycles. The van der Waals surface area contributed by atoms with Crippen molar-refractivity contribution in [2.45, 2.75) is 6.92 Å². The maximum Gasteiger partial charge on any atom is 0.258 e. The highest BCUT2D eigenvalue weighted by Crippen LogP contribution is 2.12. The van der Waals surface area contributed by atoms with Gasteiger partial charge in [0.25, 0.3) is 5.91 Å². The van der Waals surface area contributed by atoms with E-state index < -0.39 is 11.7 Å². The van der Waals surface area contributed by atoms with Gasteiger partial charge in [-0.3, -0.25) is 9.36 Å². The van der Waals surface area contributed by atoms with Crippen molar-refractivity contribution in [2.24, 2.45) is 0 Å². The Balaban J connectivity index is 1.78. The number of halogens is 1. The van der Waals surface area contributed by atoms with Crippen molar-refractivity contribution in [3.8, 4) is 5.95 Å². The van der Waals surface area contributed by atoms with Gasteiger partial charge < -0.3 is 5.32 Å². The summed E-state index contributed by atoms with van der Waals surface area (Å²) in [7, 11) is 0. The van der Waals surface area contributed by atoms with Crippen molar-refractivity contribution >= 4 is 11.6 Å². The number of amides is 1. The van der Waals surface area contributed by atoms with Crippen LogP contribution in [0.2, 0.25) is 0 Å². The van der Waals surface area contributed by atoms with Gasteiger partial charge in [0, 0.05) is 12.4 Å². The molecule has 0 radical (unpaired) electrons. The van der Waals surface area contributed by atoms with Crippen molar-refractivity contribution in [1.29, 1.82) is 0 Å². The largest absolute Gasteiger partial charge is 0.319 e. The van der Waals surface area contributed by atoms with E-state index in [-0.39, 0.29) is 5.56 Å². The number of aryl methyl sites for hydroxylation is 1. The first-order chi connectivity index (χ1) is 10.6. The molecule has 0 aliphatic rings. The number of anilines is 1. The Kier molecular flexibility index (Phi) is 3.61. The molecular formula is C15H12FN5O. The Labute approximate surface area is 125 Å². The Morgan fingerprint density at radius 2 is 1.91 bits per heavy atom. The summed E-state index contributed by atoms with van der Waals surface area (Å²) >= 11 is 0. The highest BCUT2D eigenvalue weighted by molar-refractivity contribution is 6.04. The summed E-state index contributed by atoms with van der Waals surface area (Å²) in [5.74, 6) is 0.0712. The fraction of sp³-hybridized carbons (Fsp3) is 0.0667. The summed E-state index contributed by atoms with van der Waals surface area (Å²) in [4.78, 5) is 24.4. The predicted molar refractivity (Wildman–Crippen MR) is 78.2 cm³/mol. The summed E-state index contributed by atoms with van der Waals surface area (Å²) in [5.41, 5.74) is 0.354. The molecule has 1 amide bonds. The van der Waals surface area contributed by atoms with Crippen molar-refractivity contribution in [3.05, 3.63) is 66.3 Å². The molecule has 6 nitrogen and oxygen atoms in total. The summed E-state index contributed by atoms with van der Waals surface area (Å²) in [6.07, 6.45) is 6.30. The average molecular weight is 297 g/mol. The van der Waals surface area contributed by atoms with Crippen LogP contribution in [-0.4, -0.2) is 25.4 Å². The molecule has 3 aromatic rings. The first-order valence-electron chi connectivity index (χ1n) is 6.53. The Hall–Kier alpha value is -3.09. The number of benzene rings is 1. The van der Waals surface area contributed by atoms with Gasteiger partial charge in [-0.2, -0.15) is 0 Å². The van der Waals surface area contributed by atoms with Crippen LogP contribution in [0.4, 0.5) is 10.1 Å². The minimum Gasteiger partial charge on any atom is -0.319 e. The quantitative estimate of drug-likeness (QED) is 0.805. The molecule has 7 heteroatoms. The molecule has 110 valence electrons. The van der Waals surface area contributed by atoms with Gasteiger partial charge in [-0.25, -0.2) is 19.3 Å². The first-order valence-corrected chi connectivity index (χ1v) is 6.53. The van der Waals surface area contributed by atoms with Crippen LogP contribution >= 0.6 is 0 Å². The second-order valence-corrected chi connectivity index (χ2v) is 4.55. The third-order valence-corrected chi connectivity index (χ3v) is 3.06. The fourth-order valence-corrected chi connectivity index (χ4v) is 1.94. The van der Waals surface area contributed by atoms with E-state index in [2.05, 4.69) is 20.3 Å². The molecule has 0 aliphatic heterocycles. The number of nitrogens with zero attached hydrogens (tertiary/aromatic N) is 4. The van der Waals surface area contributed by atoms with E-state index in [1.807, 2.05) is 6.92 Å². The molecule has 1 aromatic carbocycles. The molecule has 0 bridgehead atoms. The van der Waals surface area contributed by atoms with Crippen LogP contribution in [0.3, 0.4) is 0 Å². The summed E-state index contributed by atoms with van der Waals surface area (Å²) < 4.78 is 15.2. The number of carbonyl (C=O) groups is 1. The summed E-state index contributed by atoms with van der Waals surface area (Å²) in [6, 6.07) is 5.77. The van der Waals surface area contributed by atoms with E-state index in [9.17, 15) is 9.18 Å². The van der Waals surface area contributed by atoms with Crippen molar-refractivity contribution in [1.82, 2.24) is 19.5 Å². The van der Waals surface area contributed by atoms with E-state index in [0.29, 0.717) is 11.6 Å². The Bertz CT molecular complexity index is 813. The van der Waals surface area contributed by atoms with Crippen molar-refractivity contribution < 1.29 is 9.18 Å². The Morgan fingerprint density at radius 3 is 2.55 bits per heavy atom. The third-order valence-electron chi connectivity index (χ3n) is 3.06. The topological polar surface area (TPSA) is 72.7 Å². The molecule has 1 N–H and O–H groups in total. The number of imidazole rings is 1. The molecule has 0 saturated carbocycles. The Morgan fingerprint density at radius 1 is 1.18 bits per heavy atom. The molecule has 0 atom stereocenters. The minimum atomic E-state index is -0.577. The van der Waals surface area contributed by atoms with Crippen molar-refractivity contribution in [2.75, 3.05) is 5.32 Å². The zero-order valence-electron chi connectivity index (χ0n) is 11.7. The highest BCUT2D eigenvalue weighted by Gasteiger charge is 2.11. The molecule has 2 aromatic heterocycles. The van der Waals surface area contributed by atoms with Crippen LogP contribution in [0.5, 0.6) is 0 Å². The van der Waals surface area contributed by atoms with Crippen LogP contribution in [0, 0.1) is 12.7 Å². The van der Waals surface area contributed by atoms with Crippen LogP contribution < -0.4 is 5.32 Å². The standard InChI is InChI=1S/C15H12FN5O/c1-10-17-6-7-21(10)15-18-8-11(9-19-15)20-14(22)12-4-2-3-5-13(12)16/h2-9H,1H3,(H,20,22). The molecular weight excluding hydrogens is 285 g/mol. The summed E-state index contributed by atoms with van der Waals surface area (Å²) in [6.45, 7) is 1.83. The molecule has 0 unspecified atom stereocenters. The van der Waals surface area contributed by atoms with Gasteiger partial charge in [0.15, 0.2) is 0 Å². The lowest BCUT2D eigenvalue weighted by atomic mass is 10.2. The van der Waals surface area contributed by atoms with Gasteiger partial charge in [0.05, 0.1) is 23.6 Å². The lowest BCUT2D eigenvalue weighted by Crippen LogP contribution is -2.14. The van der Waals surface area contributed by atoms with Crippen molar-refractivity contribution in [3.63, 3.8) is 0 Å². The average Bonchev–Trinajstić information content (AvgIpc) is 2.94. The number of hydrogen-bond donors (Lipinski definition) is 1. The normalized spacial score (nSPS) is 10.5. The maximum absolute atomic E-state index is 13.5. The van der Waals surface area contributed by atoms with Gasteiger partial charge in [-0.1, -0.05) is 12.1 Å². The van der Waals surface area contributed by atoms with Gasteiger partial charge >= 0.3 is 0 Å². The van der Waals surface area contributed by atoms with E-state index in [1.165, 1.54) is 30.6 Å². The molecule has 0 spiro atoms. The first kappa shape index (κ1) is 13.9. The van der Waals surface area contributed by atoms with Crippen LogP contribution in [0.1, 0.15) is 16.2 Å². The second kappa shape index (κ2) is 5.72. The molecule has 0 aliphatic carbocycles. The number of hydrogen-bond acceptors (Lipinski definition) is 4. The maximum atomic E-state index is 13.5. The van der Waals surface area contributed by atoms with Gasteiger partial charge in [-0.05, 0) is 19.1 Å². The molecule has 0 fully saturated rings. The van der Waals surface area contributed by atoms with E-state index in [0.717, 1.165) is 5.82 Å². The zero-order chi connectivity index (χ0) is 15.5.